The number of benzene rings is 1. The molecule has 0 amide bonds. The van der Waals surface area contributed by atoms with Crippen LogP contribution in [0, 0.1) is 0 Å². The van der Waals surface area contributed by atoms with Gasteiger partial charge in [0, 0.05) is 30.5 Å². The van der Waals surface area contributed by atoms with E-state index in [4.69, 9.17) is 4.74 Å². The van der Waals surface area contributed by atoms with Gasteiger partial charge in [-0.3, -0.25) is 9.55 Å². The van der Waals surface area contributed by atoms with Gasteiger partial charge in [-0.1, -0.05) is 18.2 Å². The molecule has 0 aliphatic heterocycles. The molecule has 1 aromatic carbocycles. The van der Waals surface area contributed by atoms with Gasteiger partial charge in [-0.05, 0) is 30.0 Å². The molecule has 0 saturated carbocycles. The van der Waals surface area contributed by atoms with Crippen molar-refractivity contribution in [1.82, 2.24) is 29.7 Å². The summed E-state index contributed by atoms with van der Waals surface area (Å²) in [6, 6.07) is 10.1. The van der Waals surface area contributed by atoms with Gasteiger partial charge in [0.1, 0.15) is 5.03 Å². The maximum atomic E-state index is 13.3. The topological polar surface area (TPSA) is 78.6 Å². The smallest absolute Gasteiger partial charge is 0.383 e. The number of fused-ring (bicyclic) bond motifs is 1. The molecule has 0 aliphatic carbocycles. The van der Waals surface area contributed by atoms with E-state index >= 15 is 0 Å². The molecule has 3 heterocycles. The Balaban J connectivity index is 1.81. The van der Waals surface area contributed by atoms with Crippen LogP contribution in [-0.4, -0.2) is 43.4 Å². The molecule has 0 bridgehead atoms. The lowest BCUT2D eigenvalue weighted by Crippen LogP contribution is -2.12. The van der Waals surface area contributed by atoms with E-state index in [1.807, 2.05) is 0 Å². The Bertz CT molecular complexity index is 1170. The fraction of sp³-hybridized carbons (Fsp3) is 0.211. The average Bonchev–Trinajstić information content (AvgIpc) is 3.14. The Morgan fingerprint density at radius 2 is 1.80 bits per heavy atom. The first-order valence-corrected chi connectivity index (χ1v) is 9.63. The summed E-state index contributed by atoms with van der Waals surface area (Å²) in [5.41, 5.74) is 0.989. The van der Waals surface area contributed by atoms with E-state index in [0.717, 1.165) is 17.3 Å². The van der Waals surface area contributed by atoms with Gasteiger partial charge in [0.2, 0.25) is 5.82 Å². The number of aromatic nitrogens is 6. The van der Waals surface area contributed by atoms with E-state index < -0.39 is 12.0 Å². The zero-order valence-corrected chi connectivity index (χ0v) is 16.5. The van der Waals surface area contributed by atoms with E-state index in [1.54, 1.807) is 54.4 Å². The first-order valence-electron chi connectivity index (χ1n) is 8.81. The van der Waals surface area contributed by atoms with Crippen molar-refractivity contribution in [2.75, 3.05) is 13.7 Å². The predicted molar refractivity (Wildman–Crippen MR) is 104 cm³/mol. The number of rotatable bonds is 6. The van der Waals surface area contributed by atoms with E-state index in [-0.39, 0.29) is 10.5 Å². The SMILES string of the molecule is COCCn1c(Sc2nc(C(F)(F)F)nc3ccccc23)nnc1-c1ccncc1. The highest BCUT2D eigenvalue weighted by Crippen LogP contribution is 2.35. The average molecular weight is 432 g/mol. The van der Waals surface area contributed by atoms with Crippen LogP contribution in [0.25, 0.3) is 22.3 Å². The van der Waals surface area contributed by atoms with E-state index in [1.165, 1.54) is 6.07 Å². The largest absolute Gasteiger partial charge is 0.451 e. The lowest BCUT2D eigenvalue weighted by Gasteiger charge is -2.12. The number of nitrogens with zero attached hydrogens (tertiary/aromatic N) is 6. The van der Waals surface area contributed by atoms with Crippen LogP contribution < -0.4 is 0 Å². The third-order valence-electron chi connectivity index (χ3n) is 4.18. The molecule has 0 aliphatic rings. The van der Waals surface area contributed by atoms with Crippen LogP contribution >= 0.6 is 11.8 Å². The van der Waals surface area contributed by atoms with Crippen molar-refractivity contribution in [3.63, 3.8) is 0 Å². The molecule has 0 unspecified atom stereocenters. The molecule has 0 radical (unpaired) electrons. The summed E-state index contributed by atoms with van der Waals surface area (Å²) in [7, 11) is 1.57. The molecule has 11 heteroatoms. The molecule has 0 N–H and O–H groups in total. The minimum atomic E-state index is -4.66. The quantitative estimate of drug-likeness (QED) is 0.425. The predicted octanol–water partition coefficient (Wildman–Crippen LogP) is 4.10. The number of ether oxygens (including phenoxy) is 1. The van der Waals surface area contributed by atoms with Crippen LogP contribution in [0.15, 0.2) is 59.0 Å². The van der Waals surface area contributed by atoms with E-state index in [0.29, 0.717) is 29.5 Å². The maximum Gasteiger partial charge on any atom is 0.451 e. The molecule has 0 saturated heterocycles. The summed E-state index contributed by atoms with van der Waals surface area (Å²) in [6.45, 7) is 0.792. The zero-order valence-electron chi connectivity index (χ0n) is 15.7. The Morgan fingerprint density at radius 3 is 2.53 bits per heavy atom. The van der Waals surface area contributed by atoms with Crippen molar-refractivity contribution in [2.45, 2.75) is 22.9 Å². The van der Waals surface area contributed by atoms with Crippen molar-refractivity contribution < 1.29 is 17.9 Å². The number of hydrogen-bond acceptors (Lipinski definition) is 7. The van der Waals surface area contributed by atoms with Crippen molar-refractivity contribution in [3.05, 3.63) is 54.6 Å². The van der Waals surface area contributed by atoms with Gasteiger partial charge in [-0.25, -0.2) is 9.97 Å². The molecule has 0 fully saturated rings. The molecule has 30 heavy (non-hydrogen) atoms. The first kappa shape index (κ1) is 20.2. The number of hydrogen-bond donors (Lipinski definition) is 0. The molecule has 4 rings (SSSR count). The minimum absolute atomic E-state index is 0.153. The minimum Gasteiger partial charge on any atom is -0.383 e. The van der Waals surface area contributed by atoms with Crippen LogP contribution in [0.3, 0.4) is 0 Å². The lowest BCUT2D eigenvalue weighted by atomic mass is 10.2. The summed E-state index contributed by atoms with van der Waals surface area (Å²) >= 11 is 1.01. The molecule has 7 nitrogen and oxygen atoms in total. The van der Waals surface area contributed by atoms with Crippen molar-refractivity contribution in [2.24, 2.45) is 0 Å². The Kier molecular flexibility index (Phi) is 5.64. The number of para-hydroxylation sites is 1. The lowest BCUT2D eigenvalue weighted by molar-refractivity contribution is -0.145. The van der Waals surface area contributed by atoms with Gasteiger partial charge in [0.25, 0.3) is 0 Å². The molecule has 0 spiro atoms. The van der Waals surface area contributed by atoms with Gasteiger partial charge < -0.3 is 4.74 Å². The molecule has 3 aromatic heterocycles. The van der Waals surface area contributed by atoms with Crippen LogP contribution in [0.5, 0.6) is 0 Å². The van der Waals surface area contributed by atoms with Crippen LogP contribution in [0.1, 0.15) is 5.82 Å². The monoisotopic (exact) mass is 432 g/mol. The van der Waals surface area contributed by atoms with Crippen molar-refractivity contribution in [3.8, 4) is 11.4 Å². The summed E-state index contributed by atoms with van der Waals surface area (Å²) in [5.74, 6) is -0.632. The van der Waals surface area contributed by atoms with Gasteiger partial charge in [-0.15, -0.1) is 10.2 Å². The summed E-state index contributed by atoms with van der Waals surface area (Å²) in [5, 5.41) is 9.48. The third-order valence-corrected chi connectivity index (χ3v) is 5.17. The second kappa shape index (κ2) is 8.36. The van der Waals surface area contributed by atoms with E-state index in [9.17, 15) is 13.2 Å². The van der Waals surface area contributed by atoms with Crippen molar-refractivity contribution >= 4 is 22.7 Å². The summed E-state index contributed by atoms with van der Waals surface area (Å²) < 4.78 is 46.9. The zero-order chi connectivity index (χ0) is 21.1. The van der Waals surface area contributed by atoms with Crippen LogP contribution in [0.2, 0.25) is 0 Å². The Labute approximate surface area is 173 Å². The molecule has 154 valence electrons. The Morgan fingerprint density at radius 1 is 1.03 bits per heavy atom. The van der Waals surface area contributed by atoms with Gasteiger partial charge in [0.15, 0.2) is 11.0 Å². The Hall–Kier alpha value is -3.05. The highest BCUT2D eigenvalue weighted by Gasteiger charge is 2.35. The third kappa shape index (κ3) is 4.12. The van der Waals surface area contributed by atoms with Gasteiger partial charge in [0.05, 0.1) is 18.7 Å². The number of pyridine rings is 1. The number of halogens is 3. The van der Waals surface area contributed by atoms with Gasteiger partial charge in [-0.2, -0.15) is 13.2 Å². The molecule has 4 aromatic rings. The fourth-order valence-electron chi connectivity index (χ4n) is 2.80. The number of alkyl halides is 3. The number of methoxy groups -OCH3 is 1. The van der Waals surface area contributed by atoms with E-state index in [2.05, 4.69) is 25.1 Å². The van der Waals surface area contributed by atoms with Crippen LogP contribution in [0.4, 0.5) is 13.2 Å². The highest BCUT2D eigenvalue weighted by molar-refractivity contribution is 7.99. The normalized spacial score (nSPS) is 11.9. The van der Waals surface area contributed by atoms with Gasteiger partial charge >= 0.3 is 6.18 Å². The first-order chi connectivity index (χ1) is 14.5. The maximum absolute atomic E-state index is 13.3. The highest BCUT2D eigenvalue weighted by atomic mass is 32.2. The summed E-state index contributed by atoms with van der Waals surface area (Å²) in [4.78, 5) is 11.4. The molecule has 0 atom stereocenters. The second-order valence-electron chi connectivity index (χ2n) is 6.16. The standard InChI is InChI=1S/C19H15F3N6OS/c1-29-11-10-28-15(12-6-8-23-9-7-12)26-27-18(28)30-16-13-4-2-3-5-14(13)24-17(25-16)19(20,21)22/h2-9H,10-11H2,1H3. The second-order valence-corrected chi connectivity index (χ2v) is 7.11. The summed E-state index contributed by atoms with van der Waals surface area (Å²) in [6.07, 6.45) is -1.40. The van der Waals surface area contributed by atoms with Crippen molar-refractivity contribution in [1.29, 1.82) is 0 Å². The fourth-order valence-corrected chi connectivity index (χ4v) is 3.76. The molecular formula is C19H15F3N6OS. The molecular weight excluding hydrogens is 417 g/mol. The van der Waals surface area contributed by atoms with Crippen LogP contribution in [-0.2, 0) is 17.5 Å².